The summed E-state index contributed by atoms with van der Waals surface area (Å²) in [6.45, 7) is 0.548. The largest absolute Gasteiger partial charge is 0.507 e. The number of fused-ring (bicyclic) bond motifs is 2. The predicted molar refractivity (Wildman–Crippen MR) is 75.0 cm³/mol. The van der Waals surface area contributed by atoms with Crippen LogP contribution in [0.2, 0.25) is 0 Å². The molecular formula is C15H20N2O3+. The van der Waals surface area contributed by atoms with E-state index in [0.717, 1.165) is 17.3 Å². The third kappa shape index (κ3) is 1.97. The molecule has 3 rings (SSSR count). The first-order valence-electron chi connectivity index (χ1n) is 7.14. The zero-order valence-corrected chi connectivity index (χ0v) is 11.7. The van der Waals surface area contributed by atoms with Gasteiger partial charge in [-0.3, -0.25) is 10.1 Å². The lowest BCUT2D eigenvalue weighted by Crippen LogP contribution is -2.55. The topological polar surface area (TPSA) is 63.4 Å². The number of piperidine rings is 1. The molecule has 2 aliphatic heterocycles. The van der Waals surface area contributed by atoms with Gasteiger partial charge >= 0.3 is 0 Å². The second-order valence-electron chi connectivity index (χ2n) is 6.18. The van der Waals surface area contributed by atoms with Crippen molar-refractivity contribution in [2.45, 2.75) is 44.3 Å². The third-order valence-corrected chi connectivity index (χ3v) is 5.20. The van der Waals surface area contributed by atoms with Gasteiger partial charge in [-0.25, -0.2) is 0 Å². The van der Waals surface area contributed by atoms with E-state index in [2.05, 4.69) is 13.5 Å². The number of nitro groups is 1. The molecular weight excluding hydrogens is 256 g/mol. The molecule has 2 saturated heterocycles. The van der Waals surface area contributed by atoms with Crippen LogP contribution in [-0.2, 0) is 6.54 Å². The van der Waals surface area contributed by atoms with Crippen LogP contribution in [0.15, 0.2) is 18.2 Å². The standard InChI is InChI=1S/C15H19N2O3/c1-17(11-4-2-5-12(17)9-8-11)10-13-14(16(19)20)6-3-7-15(13)18/h2-3,6-7,11-12H,4-5,8-10H2,1H3/p+1. The number of rotatable bonds is 3. The summed E-state index contributed by atoms with van der Waals surface area (Å²) >= 11 is 0. The van der Waals surface area contributed by atoms with Crippen LogP contribution in [0, 0.1) is 16.5 Å². The second-order valence-corrected chi connectivity index (χ2v) is 6.18. The summed E-state index contributed by atoms with van der Waals surface area (Å²) in [5, 5.41) is 21.2. The molecule has 1 radical (unpaired) electrons. The molecule has 0 saturated carbocycles. The minimum atomic E-state index is -0.390. The summed E-state index contributed by atoms with van der Waals surface area (Å²) in [6.07, 6.45) is 6.86. The van der Waals surface area contributed by atoms with Crippen LogP contribution >= 0.6 is 0 Å². The Balaban J connectivity index is 1.97. The van der Waals surface area contributed by atoms with E-state index in [1.165, 1.54) is 25.0 Å². The predicted octanol–water partition coefficient (Wildman–Crippen LogP) is 2.78. The number of aromatic hydroxyl groups is 1. The maximum atomic E-state index is 11.2. The molecule has 0 amide bonds. The molecule has 2 fully saturated rings. The zero-order chi connectivity index (χ0) is 14.3. The van der Waals surface area contributed by atoms with Gasteiger partial charge in [0, 0.05) is 31.7 Å². The fraction of sp³-hybridized carbons (Fsp3) is 0.533. The monoisotopic (exact) mass is 276 g/mol. The molecule has 1 aromatic carbocycles. The fourth-order valence-electron chi connectivity index (χ4n) is 3.97. The van der Waals surface area contributed by atoms with Crippen LogP contribution in [0.5, 0.6) is 5.75 Å². The van der Waals surface area contributed by atoms with E-state index < -0.39 is 0 Å². The second kappa shape index (κ2) is 4.74. The average Bonchev–Trinajstić information content (AvgIpc) is 2.61. The summed E-state index contributed by atoms with van der Waals surface area (Å²) < 4.78 is 0.828. The maximum absolute atomic E-state index is 11.2. The molecule has 1 aromatic rings. The first kappa shape index (κ1) is 13.4. The van der Waals surface area contributed by atoms with Crippen molar-refractivity contribution in [3.63, 3.8) is 0 Å². The summed E-state index contributed by atoms with van der Waals surface area (Å²) in [5.41, 5.74) is 0.525. The van der Waals surface area contributed by atoms with Gasteiger partial charge in [-0.15, -0.1) is 0 Å². The first-order chi connectivity index (χ1) is 9.52. The molecule has 0 aliphatic carbocycles. The van der Waals surface area contributed by atoms with Gasteiger partial charge < -0.3 is 9.59 Å². The van der Waals surface area contributed by atoms with E-state index in [-0.39, 0.29) is 16.4 Å². The van der Waals surface area contributed by atoms with E-state index in [0.29, 0.717) is 24.2 Å². The number of nitrogens with zero attached hydrogens (tertiary/aromatic N) is 2. The van der Waals surface area contributed by atoms with Crippen molar-refractivity contribution in [3.8, 4) is 5.75 Å². The van der Waals surface area contributed by atoms with E-state index in [9.17, 15) is 15.2 Å². The molecule has 1 N–H and O–H groups in total. The van der Waals surface area contributed by atoms with E-state index >= 15 is 0 Å². The Hall–Kier alpha value is -1.62. The summed E-state index contributed by atoms with van der Waals surface area (Å²) in [6, 6.07) is 5.64. The molecule has 2 unspecified atom stereocenters. The van der Waals surface area contributed by atoms with Gasteiger partial charge in [-0.05, 0) is 12.5 Å². The highest BCUT2D eigenvalue weighted by Crippen LogP contribution is 2.44. The number of hydrogen-bond acceptors (Lipinski definition) is 3. The average molecular weight is 276 g/mol. The fourth-order valence-corrected chi connectivity index (χ4v) is 3.97. The Morgan fingerprint density at radius 1 is 1.35 bits per heavy atom. The van der Waals surface area contributed by atoms with Crippen molar-refractivity contribution < 1.29 is 14.5 Å². The quantitative estimate of drug-likeness (QED) is 0.524. The lowest BCUT2D eigenvalue weighted by atomic mass is 9.97. The first-order valence-corrected chi connectivity index (χ1v) is 7.14. The number of quaternary nitrogens is 1. The normalized spacial score (nSPS) is 32.2. The van der Waals surface area contributed by atoms with Crippen LogP contribution < -0.4 is 0 Å². The Morgan fingerprint density at radius 2 is 2.00 bits per heavy atom. The minimum Gasteiger partial charge on any atom is -0.507 e. The highest BCUT2D eigenvalue weighted by atomic mass is 16.6. The van der Waals surface area contributed by atoms with Gasteiger partial charge in [0.25, 0.3) is 5.69 Å². The van der Waals surface area contributed by atoms with Crippen molar-refractivity contribution >= 4 is 5.69 Å². The van der Waals surface area contributed by atoms with Gasteiger partial charge in [0.1, 0.15) is 17.9 Å². The molecule has 5 heteroatoms. The number of phenols is 1. The van der Waals surface area contributed by atoms with Crippen molar-refractivity contribution in [1.29, 1.82) is 0 Å². The van der Waals surface area contributed by atoms with Crippen LogP contribution in [0.1, 0.15) is 31.2 Å². The Morgan fingerprint density at radius 3 is 2.60 bits per heavy atom. The number of phenolic OH excluding ortho intramolecular Hbond substituents is 1. The van der Waals surface area contributed by atoms with Crippen LogP contribution in [0.4, 0.5) is 5.69 Å². The molecule has 0 aromatic heterocycles. The Kier molecular flexibility index (Phi) is 3.17. The summed E-state index contributed by atoms with van der Waals surface area (Å²) in [7, 11) is 2.19. The maximum Gasteiger partial charge on any atom is 0.282 e. The van der Waals surface area contributed by atoms with E-state index in [1.807, 2.05) is 0 Å². The molecule has 2 aliphatic rings. The summed E-state index contributed by atoms with van der Waals surface area (Å²) in [4.78, 5) is 10.8. The molecule has 0 spiro atoms. The smallest absolute Gasteiger partial charge is 0.282 e. The lowest BCUT2D eigenvalue weighted by Gasteiger charge is -2.44. The molecule has 20 heavy (non-hydrogen) atoms. The van der Waals surface area contributed by atoms with Gasteiger partial charge in [0.05, 0.1) is 24.1 Å². The van der Waals surface area contributed by atoms with Gasteiger partial charge in [0.2, 0.25) is 0 Å². The molecule has 2 atom stereocenters. The van der Waals surface area contributed by atoms with Gasteiger partial charge in [0.15, 0.2) is 0 Å². The molecule has 2 heterocycles. The van der Waals surface area contributed by atoms with Gasteiger partial charge in [-0.1, -0.05) is 6.07 Å². The van der Waals surface area contributed by atoms with E-state index in [1.54, 1.807) is 6.07 Å². The molecule has 107 valence electrons. The zero-order valence-electron chi connectivity index (χ0n) is 11.7. The molecule has 2 bridgehead atoms. The van der Waals surface area contributed by atoms with Crippen LogP contribution in [0.25, 0.3) is 0 Å². The summed E-state index contributed by atoms with van der Waals surface area (Å²) in [5.74, 6) is 0.0486. The SMILES string of the molecule is C[N+]1(Cc2c(O)cccc2[N+](=O)[O-])C2C[CH]CC1CC2. The highest BCUT2D eigenvalue weighted by molar-refractivity contribution is 5.48. The van der Waals surface area contributed by atoms with Crippen LogP contribution in [0.3, 0.4) is 0 Å². The number of benzene rings is 1. The van der Waals surface area contributed by atoms with Crippen molar-refractivity contribution in [2.24, 2.45) is 0 Å². The van der Waals surface area contributed by atoms with E-state index in [4.69, 9.17) is 0 Å². The van der Waals surface area contributed by atoms with Crippen molar-refractivity contribution in [1.82, 2.24) is 0 Å². The van der Waals surface area contributed by atoms with Crippen LogP contribution in [-0.4, -0.2) is 33.6 Å². The number of nitro benzene ring substituents is 1. The Bertz CT molecular complexity index is 528. The van der Waals surface area contributed by atoms with Crippen molar-refractivity contribution in [3.05, 3.63) is 40.3 Å². The van der Waals surface area contributed by atoms with Crippen molar-refractivity contribution in [2.75, 3.05) is 7.05 Å². The van der Waals surface area contributed by atoms with Gasteiger partial charge in [-0.2, -0.15) is 0 Å². The lowest BCUT2D eigenvalue weighted by molar-refractivity contribution is -0.959. The minimum absolute atomic E-state index is 0.0401. The molecule has 5 nitrogen and oxygen atoms in total. The number of hydrogen-bond donors (Lipinski definition) is 1. The third-order valence-electron chi connectivity index (χ3n) is 5.20. The Labute approximate surface area is 118 Å². The highest BCUT2D eigenvalue weighted by Gasteiger charge is 2.49.